The van der Waals surface area contributed by atoms with Crippen molar-refractivity contribution >= 4 is 17.7 Å². The van der Waals surface area contributed by atoms with E-state index in [1.165, 1.54) is 38.5 Å². The maximum Gasteiger partial charge on any atom is 0.337 e. The number of hydrogen-bond acceptors (Lipinski definition) is 7. The number of Topliss-reactive ketones (excluding diaryl/α,β-unsaturated/α-hetero) is 1. The van der Waals surface area contributed by atoms with Gasteiger partial charge in [-0.15, -0.1) is 0 Å². The molecule has 0 fully saturated rings. The summed E-state index contributed by atoms with van der Waals surface area (Å²) in [6.07, 6.45) is -0.0795. The molecule has 1 aliphatic rings. The standard InChI is InChI=1S/C20H18O7/c1-24-19(22)13-5-3-12(4-6-13)16(21)10-15(20(23)25-2)14-7-8-17-18(9-14)27-11-26-17/h3-9,15H,10-11H2,1-2H3. The molecule has 7 heteroatoms. The minimum Gasteiger partial charge on any atom is -0.469 e. The molecule has 1 atom stereocenters. The first-order valence-corrected chi connectivity index (χ1v) is 8.22. The quantitative estimate of drug-likeness (QED) is 0.571. The van der Waals surface area contributed by atoms with Crippen molar-refractivity contribution in [2.24, 2.45) is 0 Å². The van der Waals surface area contributed by atoms with Gasteiger partial charge in [-0.1, -0.05) is 18.2 Å². The molecule has 0 aliphatic carbocycles. The second kappa shape index (κ2) is 7.90. The zero-order chi connectivity index (χ0) is 19.4. The van der Waals surface area contributed by atoms with Gasteiger partial charge in [0, 0.05) is 12.0 Å². The van der Waals surface area contributed by atoms with Crippen molar-refractivity contribution in [1.29, 1.82) is 0 Å². The summed E-state index contributed by atoms with van der Waals surface area (Å²) in [5, 5.41) is 0. The zero-order valence-electron chi connectivity index (χ0n) is 14.9. The SMILES string of the molecule is COC(=O)c1ccc(C(=O)CC(C(=O)OC)c2ccc3c(c2)OCO3)cc1. The van der Waals surface area contributed by atoms with Crippen LogP contribution in [0.3, 0.4) is 0 Å². The van der Waals surface area contributed by atoms with Crippen molar-refractivity contribution in [3.05, 3.63) is 59.2 Å². The summed E-state index contributed by atoms with van der Waals surface area (Å²) < 4.78 is 20.1. The van der Waals surface area contributed by atoms with Crippen LogP contribution in [0, 0.1) is 0 Å². The van der Waals surface area contributed by atoms with E-state index < -0.39 is 17.9 Å². The van der Waals surface area contributed by atoms with Crippen LogP contribution < -0.4 is 9.47 Å². The Kier molecular flexibility index (Phi) is 5.40. The van der Waals surface area contributed by atoms with Gasteiger partial charge in [0.15, 0.2) is 17.3 Å². The fraction of sp³-hybridized carbons (Fsp3) is 0.250. The number of ketones is 1. The Balaban J connectivity index is 1.81. The maximum atomic E-state index is 12.7. The zero-order valence-corrected chi connectivity index (χ0v) is 14.9. The van der Waals surface area contributed by atoms with Gasteiger partial charge in [-0.05, 0) is 29.8 Å². The lowest BCUT2D eigenvalue weighted by atomic mass is 9.91. The van der Waals surface area contributed by atoms with Gasteiger partial charge in [0.1, 0.15) is 0 Å². The molecule has 0 radical (unpaired) electrons. The molecule has 0 aromatic heterocycles. The smallest absolute Gasteiger partial charge is 0.337 e. The molecule has 1 heterocycles. The molecule has 140 valence electrons. The molecular weight excluding hydrogens is 352 g/mol. The molecule has 0 saturated heterocycles. The summed E-state index contributed by atoms with van der Waals surface area (Å²) in [4.78, 5) is 36.4. The van der Waals surface area contributed by atoms with Gasteiger partial charge >= 0.3 is 11.9 Å². The van der Waals surface area contributed by atoms with Crippen LogP contribution in [0.25, 0.3) is 0 Å². The Bertz CT molecular complexity index is 870. The average Bonchev–Trinajstić information content (AvgIpc) is 3.18. The van der Waals surface area contributed by atoms with Crippen LogP contribution in [0.15, 0.2) is 42.5 Å². The topological polar surface area (TPSA) is 88.1 Å². The Hall–Kier alpha value is -3.35. The number of carbonyl (C=O) groups is 3. The molecule has 1 unspecified atom stereocenters. The second-order valence-electron chi connectivity index (χ2n) is 5.88. The van der Waals surface area contributed by atoms with E-state index in [2.05, 4.69) is 4.74 Å². The molecule has 0 amide bonds. The van der Waals surface area contributed by atoms with Gasteiger partial charge in [0.25, 0.3) is 0 Å². The fourth-order valence-corrected chi connectivity index (χ4v) is 2.82. The summed E-state index contributed by atoms with van der Waals surface area (Å²) in [5.74, 6) is -0.921. The number of fused-ring (bicyclic) bond motifs is 1. The lowest BCUT2D eigenvalue weighted by Crippen LogP contribution is -2.18. The van der Waals surface area contributed by atoms with Gasteiger partial charge < -0.3 is 18.9 Å². The number of hydrogen-bond donors (Lipinski definition) is 0. The van der Waals surface area contributed by atoms with E-state index in [1.54, 1.807) is 18.2 Å². The van der Waals surface area contributed by atoms with Crippen LogP contribution in [0.4, 0.5) is 0 Å². The Morgan fingerprint density at radius 3 is 2.26 bits per heavy atom. The van der Waals surface area contributed by atoms with Crippen LogP contribution in [-0.2, 0) is 14.3 Å². The molecule has 2 aromatic carbocycles. The predicted molar refractivity (Wildman–Crippen MR) is 94.1 cm³/mol. The fourth-order valence-electron chi connectivity index (χ4n) is 2.82. The van der Waals surface area contributed by atoms with Gasteiger partial charge in [0.2, 0.25) is 6.79 Å². The predicted octanol–water partition coefficient (Wildman–Crippen LogP) is 2.73. The van der Waals surface area contributed by atoms with Crippen molar-refractivity contribution in [3.8, 4) is 11.5 Å². The largest absolute Gasteiger partial charge is 0.469 e. The third kappa shape index (κ3) is 3.92. The van der Waals surface area contributed by atoms with E-state index in [1.807, 2.05) is 0 Å². The Labute approximate surface area is 155 Å². The summed E-state index contributed by atoms with van der Waals surface area (Å²) >= 11 is 0. The number of carbonyl (C=O) groups excluding carboxylic acids is 3. The first-order chi connectivity index (χ1) is 13.0. The monoisotopic (exact) mass is 370 g/mol. The van der Waals surface area contributed by atoms with E-state index in [9.17, 15) is 14.4 Å². The van der Waals surface area contributed by atoms with Crippen LogP contribution >= 0.6 is 0 Å². The summed E-state index contributed by atoms with van der Waals surface area (Å²) in [6, 6.07) is 11.2. The molecule has 0 spiro atoms. The lowest BCUT2D eigenvalue weighted by Gasteiger charge is -2.15. The van der Waals surface area contributed by atoms with E-state index in [4.69, 9.17) is 14.2 Å². The van der Waals surface area contributed by atoms with Crippen LogP contribution in [0.1, 0.15) is 38.6 Å². The van der Waals surface area contributed by atoms with Gasteiger partial charge in [0.05, 0.1) is 25.7 Å². The molecule has 7 nitrogen and oxygen atoms in total. The normalized spacial score (nSPS) is 13.0. The highest BCUT2D eigenvalue weighted by Gasteiger charge is 2.27. The summed E-state index contributed by atoms with van der Waals surface area (Å²) in [5.41, 5.74) is 1.33. The van der Waals surface area contributed by atoms with Gasteiger partial charge in [-0.2, -0.15) is 0 Å². The van der Waals surface area contributed by atoms with E-state index >= 15 is 0 Å². The molecule has 27 heavy (non-hydrogen) atoms. The molecule has 0 saturated carbocycles. The average molecular weight is 370 g/mol. The summed E-state index contributed by atoms with van der Waals surface area (Å²) in [6.45, 7) is 0.118. The molecular formula is C20H18O7. The molecule has 2 aromatic rings. The third-order valence-corrected chi connectivity index (χ3v) is 4.30. The highest BCUT2D eigenvalue weighted by atomic mass is 16.7. The van der Waals surface area contributed by atoms with Gasteiger partial charge in [-0.25, -0.2) is 4.79 Å². The summed E-state index contributed by atoms with van der Waals surface area (Å²) in [7, 11) is 2.56. The van der Waals surface area contributed by atoms with Crippen LogP contribution in [0.2, 0.25) is 0 Å². The number of esters is 2. The maximum absolute atomic E-state index is 12.7. The van der Waals surface area contributed by atoms with Crippen LogP contribution in [-0.4, -0.2) is 38.7 Å². The lowest BCUT2D eigenvalue weighted by molar-refractivity contribution is -0.142. The minimum absolute atomic E-state index is 0.0795. The van der Waals surface area contributed by atoms with Crippen molar-refractivity contribution in [1.82, 2.24) is 0 Å². The molecule has 0 bridgehead atoms. The molecule has 1 aliphatic heterocycles. The third-order valence-electron chi connectivity index (χ3n) is 4.30. The second-order valence-corrected chi connectivity index (χ2v) is 5.88. The Morgan fingerprint density at radius 1 is 0.926 bits per heavy atom. The highest BCUT2D eigenvalue weighted by molar-refractivity contribution is 6.00. The Morgan fingerprint density at radius 2 is 1.59 bits per heavy atom. The van der Waals surface area contributed by atoms with E-state index in [0.717, 1.165) is 0 Å². The molecule has 0 N–H and O–H groups in total. The first kappa shape index (κ1) is 18.4. The van der Waals surface area contributed by atoms with E-state index in [0.29, 0.717) is 28.2 Å². The first-order valence-electron chi connectivity index (χ1n) is 8.22. The number of benzene rings is 2. The van der Waals surface area contributed by atoms with Crippen molar-refractivity contribution in [3.63, 3.8) is 0 Å². The number of rotatable bonds is 6. The van der Waals surface area contributed by atoms with Crippen LogP contribution in [0.5, 0.6) is 11.5 Å². The van der Waals surface area contributed by atoms with Crippen molar-refractivity contribution in [2.75, 3.05) is 21.0 Å². The highest BCUT2D eigenvalue weighted by Crippen LogP contribution is 2.36. The van der Waals surface area contributed by atoms with Crippen molar-refractivity contribution < 1.29 is 33.3 Å². The van der Waals surface area contributed by atoms with E-state index in [-0.39, 0.29) is 19.0 Å². The minimum atomic E-state index is -0.780. The number of methoxy groups -OCH3 is 2. The van der Waals surface area contributed by atoms with Crippen molar-refractivity contribution in [2.45, 2.75) is 12.3 Å². The van der Waals surface area contributed by atoms with Gasteiger partial charge in [-0.3, -0.25) is 9.59 Å². The molecule has 3 rings (SSSR count). The number of ether oxygens (including phenoxy) is 4.